The molecule has 1 aliphatic heterocycles. The fraction of sp³-hybridized carbons (Fsp3) is 0.818. The number of aliphatic carboxylic acids is 1. The molecular formula is C11H18N2O5S. The van der Waals surface area contributed by atoms with Gasteiger partial charge in [-0.3, -0.25) is 4.79 Å². The van der Waals surface area contributed by atoms with Crippen molar-refractivity contribution in [3.63, 3.8) is 0 Å². The van der Waals surface area contributed by atoms with Gasteiger partial charge in [-0.15, -0.1) is 0 Å². The fourth-order valence-electron chi connectivity index (χ4n) is 2.31. The Hall–Kier alpha value is -1.15. The van der Waals surface area contributed by atoms with Crippen molar-refractivity contribution >= 4 is 21.9 Å². The molecule has 2 aliphatic rings. The number of hydrogen-bond acceptors (Lipinski definition) is 4. The highest BCUT2D eigenvalue weighted by atomic mass is 32.2. The van der Waals surface area contributed by atoms with E-state index in [0.717, 1.165) is 17.1 Å². The summed E-state index contributed by atoms with van der Waals surface area (Å²) in [5.41, 5.74) is 0. The van der Waals surface area contributed by atoms with Crippen molar-refractivity contribution in [2.75, 3.05) is 18.8 Å². The molecule has 0 radical (unpaired) electrons. The molecule has 2 fully saturated rings. The van der Waals surface area contributed by atoms with E-state index < -0.39 is 27.9 Å². The molecule has 1 heterocycles. The molecule has 0 spiro atoms. The lowest BCUT2D eigenvalue weighted by molar-refractivity contribution is -0.150. The summed E-state index contributed by atoms with van der Waals surface area (Å²) in [7, 11) is -3.33. The van der Waals surface area contributed by atoms with Crippen LogP contribution in [-0.2, 0) is 19.6 Å². The van der Waals surface area contributed by atoms with Crippen molar-refractivity contribution in [2.45, 2.75) is 38.3 Å². The molecule has 1 unspecified atom stereocenters. The van der Waals surface area contributed by atoms with E-state index in [1.165, 1.54) is 11.8 Å². The maximum Gasteiger partial charge on any atom is 0.326 e. The number of carbonyl (C=O) groups excluding carboxylic acids is 1. The Labute approximate surface area is 112 Å². The number of sulfonamides is 1. The van der Waals surface area contributed by atoms with Crippen LogP contribution in [0.25, 0.3) is 0 Å². The zero-order valence-corrected chi connectivity index (χ0v) is 11.6. The Morgan fingerprint density at radius 3 is 2.47 bits per heavy atom. The molecule has 0 aromatic carbocycles. The first kappa shape index (κ1) is 14.3. The van der Waals surface area contributed by atoms with Gasteiger partial charge in [0.2, 0.25) is 15.9 Å². The normalized spacial score (nSPS) is 24.1. The van der Waals surface area contributed by atoms with Crippen molar-refractivity contribution in [3.05, 3.63) is 0 Å². The van der Waals surface area contributed by atoms with E-state index in [9.17, 15) is 18.0 Å². The molecule has 8 heteroatoms. The van der Waals surface area contributed by atoms with Crippen molar-refractivity contribution in [1.82, 2.24) is 9.21 Å². The highest BCUT2D eigenvalue weighted by molar-refractivity contribution is 7.89. The summed E-state index contributed by atoms with van der Waals surface area (Å²) in [6.45, 7) is 1.56. The van der Waals surface area contributed by atoms with E-state index in [-0.39, 0.29) is 18.3 Å². The van der Waals surface area contributed by atoms with Crippen LogP contribution in [-0.4, -0.2) is 65.5 Å². The van der Waals surface area contributed by atoms with Crippen LogP contribution in [0.1, 0.15) is 26.2 Å². The van der Waals surface area contributed by atoms with Gasteiger partial charge in [0.25, 0.3) is 0 Å². The van der Waals surface area contributed by atoms with Crippen molar-refractivity contribution in [2.24, 2.45) is 0 Å². The van der Waals surface area contributed by atoms with E-state index in [1.54, 1.807) is 0 Å². The van der Waals surface area contributed by atoms with Crippen LogP contribution in [0.3, 0.4) is 0 Å². The lowest BCUT2D eigenvalue weighted by atomic mass is 10.2. The maximum atomic E-state index is 12.2. The average Bonchev–Trinajstić information content (AvgIpc) is 3.06. The van der Waals surface area contributed by atoms with Crippen molar-refractivity contribution < 1.29 is 23.1 Å². The minimum Gasteiger partial charge on any atom is -0.480 e. The number of rotatable bonds is 5. The van der Waals surface area contributed by atoms with Crippen LogP contribution in [0.15, 0.2) is 0 Å². The zero-order valence-electron chi connectivity index (χ0n) is 10.8. The van der Waals surface area contributed by atoms with Gasteiger partial charge >= 0.3 is 5.97 Å². The number of carbonyl (C=O) groups is 2. The minimum atomic E-state index is -3.33. The molecule has 0 aromatic heterocycles. The molecule has 2 rings (SSSR count). The maximum absolute atomic E-state index is 12.2. The van der Waals surface area contributed by atoms with Crippen LogP contribution < -0.4 is 0 Å². The average molecular weight is 290 g/mol. The minimum absolute atomic E-state index is 0.0519. The molecule has 19 heavy (non-hydrogen) atoms. The first-order valence-electron chi connectivity index (χ1n) is 6.34. The molecular weight excluding hydrogens is 272 g/mol. The number of nitrogens with zero attached hydrogens (tertiary/aromatic N) is 2. The smallest absolute Gasteiger partial charge is 0.326 e. The third-order valence-electron chi connectivity index (χ3n) is 3.52. The Morgan fingerprint density at radius 1 is 1.42 bits per heavy atom. The monoisotopic (exact) mass is 290 g/mol. The molecule has 1 atom stereocenters. The fourth-order valence-corrected chi connectivity index (χ4v) is 3.78. The molecule has 1 saturated carbocycles. The Bertz CT molecular complexity index is 485. The lowest BCUT2D eigenvalue weighted by Gasteiger charge is -2.28. The van der Waals surface area contributed by atoms with Crippen LogP contribution >= 0.6 is 0 Å². The second kappa shape index (κ2) is 5.09. The number of amides is 1. The Balaban J connectivity index is 2.06. The molecule has 108 valence electrons. The van der Waals surface area contributed by atoms with Gasteiger partial charge in [-0.1, -0.05) is 0 Å². The number of carboxylic acids is 1. The van der Waals surface area contributed by atoms with E-state index >= 15 is 0 Å². The van der Waals surface area contributed by atoms with Gasteiger partial charge in [0.1, 0.15) is 6.04 Å². The summed E-state index contributed by atoms with van der Waals surface area (Å²) in [5.74, 6) is -1.41. The first-order valence-corrected chi connectivity index (χ1v) is 7.95. The van der Waals surface area contributed by atoms with Gasteiger partial charge in [-0.25, -0.2) is 13.2 Å². The van der Waals surface area contributed by atoms with Crippen LogP contribution in [0.2, 0.25) is 0 Å². The molecule has 1 aliphatic carbocycles. The topological polar surface area (TPSA) is 95.0 Å². The Morgan fingerprint density at radius 2 is 2.05 bits per heavy atom. The SMILES string of the molecule is CC(C(=O)O)N(C(=O)CN1CCCS1(=O)=O)C1CC1. The second-order valence-corrected chi connectivity index (χ2v) is 7.14. The first-order chi connectivity index (χ1) is 8.83. The van der Waals surface area contributed by atoms with E-state index in [0.29, 0.717) is 13.0 Å². The van der Waals surface area contributed by atoms with Gasteiger partial charge in [0, 0.05) is 12.6 Å². The predicted molar refractivity (Wildman–Crippen MR) is 66.9 cm³/mol. The van der Waals surface area contributed by atoms with E-state index in [1.807, 2.05) is 0 Å². The number of hydrogen-bond donors (Lipinski definition) is 1. The summed E-state index contributed by atoms with van der Waals surface area (Å²) >= 11 is 0. The molecule has 1 N–H and O–H groups in total. The molecule has 7 nitrogen and oxygen atoms in total. The number of carboxylic acid groups (broad SMARTS) is 1. The van der Waals surface area contributed by atoms with Crippen molar-refractivity contribution in [1.29, 1.82) is 0 Å². The van der Waals surface area contributed by atoms with Gasteiger partial charge in [0.15, 0.2) is 0 Å². The molecule has 1 saturated heterocycles. The Kier molecular flexibility index (Phi) is 3.82. The summed E-state index contributed by atoms with van der Waals surface area (Å²) in [6.07, 6.45) is 2.10. The van der Waals surface area contributed by atoms with Crippen molar-refractivity contribution in [3.8, 4) is 0 Å². The van der Waals surface area contributed by atoms with Crippen LogP contribution in [0, 0.1) is 0 Å². The van der Waals surface area contributed by atoms with Crippen LogP contribution in [0.4, 0.5) is 0 Å². The highest BCUT2D eigenvalue weighted by Gasteiger charge is 2.40. The van der Waals surface area contributed by atoms with Gasteiger partial charge in [-0.2, -0.15) is 4.31 Å². The van der Waals surface area contributed by atoms with Gasteiger partial charge in [-0.05, 0) is 26.2 Å². The summed E-state index contributed by atoms with van der Waals surface area (Å²) in [4.78, 5) is 24.5. The predicted octanol–water partition coefficient (Wildman–Crippen LogP) is -0.514. The highest BCUT2D eigenvalue weighted by Crippen LogP contribution is 2.29. The quantitative estimate of drug-likeness (QED) is 0.735. The molecule has 0 aromatic rings. The molecule has 0 bridgehead atoms. The molecule has 1 amide bonds. The third-order valence-corrected chi connectivity index (χ3v) is 5.42. The van der Waals surface area contributed by atoms with E-state index in [2.05, 4.69) is 0 Å². The van der Waals surface area contributed by atoms with Gasteiger partial charge in [0.05, 0.1) is 12.3 Å². The third kappa shape index (κ3) is 3.06. The largest absolute Gasteiger partial charge is 0.480 e. The second-order valence-electron chi connectivity index (χ2n) is 5.05. The van der Waals surface area contributed by atoms with Crippen LogP contribution in [0.5, 0.6) is 0 Å². The standard InChI is InChI=1S/C11H18N2O5S/c1-8(11(15)16)13(9-3-4-9)10(14)7-12-5-2-6-19(12,17)18/h8-9H,2-7H2,1H3,(H,15,16). The summed E-state index contributed by atoms with van der Waals surface area (Å²) < 4.78 is 24.4. The summed E-state index contributed by atoms with van der Waals surface area (Å²) in [5, 5.41) is 9.02. The van der Waals surface area contributed by atoms with E-state index in [4.69, 9.17) is 5.11 Å². The summed E-state index contributed by atoms with van der Waals surface area (Å²) in [6, 6.07) is -0.964. The lowest BCUT2D eigenvalue weighted by Crippen LogP contribution is -2.49. The van der Waals surface area contributed by atoms with Gasteiger partial charge < -0.3 is 10.0 Å². The zero-order chi connectivity index (χ0) is 14.2.